The van der Waals surface area contributed by atoms with E-state index < -0.39 is 41.1 Å². The van der Waals surface area contributed by atoms with Gasteiger partial charge in [-0.2, -0.15) is 13.2 Å². The first-order valence-corrected chi connectivity index (χ1v) is 16.0. The van der Waals surface area contributed by atoms with E-state index in [0.29, 0.717) is 11.5 Å². The zero-order valence-electron chi connectivity index (χ0n) is 27.5. The second-order valence-electron chi connectivity index (χ2n) is 12.1. The smallest absolute Gasteiger partial charge is 0.416 e. The number of carbonyl (C=O) groups is 2. The van der Waals surface area contributed by atoms with Gasteiger partial charge in [0.05, 0.1) is 53.5 Å². The van der Waals surface area contributed by atoms with Crippen molar-refractivity contribution < 1.29 is 32.6 Å². The van der Waals surface area contributed by atoms with Crippen LogP contribution < -0.4 is 20.5 Å². The van der Waals surface area contributed by atoms with Crippen molar-refractivity contribution in [2.24, 2.45) is 0 Å². The largest absolute Gasteiger partial charge is 0.504 e. The van der Waals surface area contributed by atoms with Gasteiger partial charge in [-0.1, -0.05) is 18.5 Å². The third-order valence-corrected chi connectivity index (χ3v) is 9.16. The van der Waals surface area contributed by atoms with Crippen LogP contribution in [0.1, 0.15) is 34.4 Å². The first-order valence-electron chi connectivity index (χ1n) is 15.6. The lowest BCUT2D eigenvalue weighted by molar-refractivity contribution is -0.137. The van der Waals surface area contributed by atoms with Crippen molar-refractivity contribution in [2.45, 2.75) is 45.1 Å². The van der Waals surface area contributed by atoms with E-state index in [9.17, 15) is 32.7 Å². The van der Waals surface area contributed by atoms with Crippen LogP contribution in [0.4, 0.5) is 30.4 Å². The van der Waals surface area contributed by atoms with E-state index >= 15 is 0 Å². The predicted molar refractivity (Wildman–Crippen MR) is 178 cm³/mol. The molecule has 2 N–H and O–H groups in total. The Morgan fingerprint density at radius 2 is 1.88 bits per heavy atom. The molecule has 3 aromatic heterocycles. The molecule has 6 rings (SSSR count). The van der Waals surface area contributed by atoms with Gasteiger partial charge in [0.2, 0.25) is 11.3 Å². The molecule has 5 heterocycles. The van der Waals surface area contributed by atoms with Crippen molar-refractivity contribution in [3.63, 3.8) is 0 Å². The monoisotopic (exact) mass is 715 g/mol. The fourth-order valence-corrected chi connectivity index (χ4v) is 6.58. The SMILES string of the molecule is CCc1c(N2CCN(C(=O)c3ncnc(C)c3O)[C@H]3COC[C@@H]32)c(=O)c2nc(N(C)C)cnc2n1CC(=O)Nc1ccc(C(F)(F)F)cc1Cl. The molecule has 14 nitrogen and oxygen atoms in total. The Kier molecular flexibility index (Phi) is 9.30. The number of fused-ring (bicyclic) bond motifs is 2. The quantitative estimate of drug-likeness (QED) is 0.289. The summed E-state index contributed by atoms with van der Waals surface area (Å²) in [5.74, 6) is -1.05. The lowest BCUT2D eigenvalue weighted by Gasteiger charge is -2.45. The van der Waals surface area contributed by atoms with E-state index in [0.717, 1.165) is 18.2 Å². The van der Waals surface area contributed by atoms with E-state index in [2.05, 4.69) is 25.3 Å². The zero-order chi connectivity index (χ0) is 36.1. The molecule has 2 amide bonds. The Morgan fingerprint density at radius 1 is 1.14 bits per heavy atom. The number of halogens is 4. The minimum atomic E-state index is -4.61. The maximum Gasteiger partial charge on any atom is 0.416 e. The molecular weight excluding hydrogens is 683 g/mol. The number of aromatic hydroxyl groups is 1. The van der Waals surface area contributed by atoms with Crippen LogP contribution in [0.2, 0.25) is 5.02 Å². The van der Waals surface area contributed by atoms with Crippen LogP contribution in [0.15, 0.2) is 35.5 Å². The van der Waals surface area contributed by atoms with E-state index in [1.165, 1.54) is 12.5 Å². The number of amides is 2. The van der Waals surface area contributed by atoms with Crippen molar-refractivity contribution in [2.75, 3.05) is 55.5 Å². The van der Waals surface area contributed by atoms with Gasteiger partial charge in [0, 0.05) is 32.9 Å². The van der Waals surface area contributed by atoms with E-state index in [1.54, 1.807) is 35.4 Å². The van der Waals surface area contributed by atoms with Gasteiger partial charge in [-0.3, -0.25) is 14.4 Å². The van der Waals surface area contributed by atoms with Crippen LogP contribution in [-0.4, -0.2) is 98.8 Å². The number of nitrogens with zero attached hydrogens (tertiary/aromatic N) is 8. The predicted octanol–water partition coefficient (Wildman–Crippen LogP) is 3.26. The van der Waals surface area contributed by atoms with E-state index in [1.807, 2.05) is 11.8 Å². The average molecular weight is 716 g/mol. The molecule has 2 aliphatic rings. The first kappa shape index (κ1) is 34.8. The summed E-state index contributed by atoms with van der Waals surface area (Å²) in [7, 11) is 3.48. The van der Waals surface area contributed by atoms with Gasteiger partial charge in [-0.05, 0) is 31.5 Å². The third-order valence-electron chi connectivity index (χ3n) is 8.85. The lowest BCUT2D eigenvalue weighted by atomic mass is 10.0. The van der Waals surface area contributed by atoms with Crippen molar-refractivity contribution in [1.82, 2.24) is 29.4 Å². The number of rotatable bonds is 7. The molecule has 0 saturated carbocycles. The van der Waals surface area contributed by atoms with Crippen LogP contribution in [-0.2, 0) is 28.7 Å². The Bertz CT molecular complexity index is 2060. The fourth-order valence-electron chi connectivity index (χ4n) is 6.35. The molecule has 50 heavy (non-hydrogen) atoms. The topological polar surface area (TPSA) is 159 Å². The molecule has 2 aliphatic heterocycles. The average Bonchev–Trinajstić information content (AvgIpc) is 3.57. The van der Waals surface area contributed by atoms with Gasteiger partial charge in [-0.15, -0.1) is 0 Å². The molecule has 0 spiro atoms. The Labute approximate surface area is 288 Å². The summed E-state index contributed by atoms with van der Waals surface area (Å²) in [5.41, 5.74) is -0.432. The number of pyridine rings is 1. The highest BCUT2D eigenvalue weighted by Crippen LogP contribution is 2.35. The molecule has 1 aromatic carbocycles. The number of hydrogen-bond donors (Lipinski definition) is 2. The molecule has 0 unspecified atom stereocenters. The van der Waals surface area contributed by atoms with E-state index in [4.69, 9.17) is 16.3 Å². The lowest BCUT2D eigenvalue weighted by Crippen LogP contribution is -2.62. The highest BCUT2D eigenvalue weighted by molar-refractivity contribution is 6.33. The molecule has 18 heteroatoms. The molecule has 0 radical (unpaired) electrons. The van der Waals surface area contributed by atoms with Crippen molar-refractivity contribution in [1.29, 1.82) is 0 Å². The van der Waals surface area contributed by atoms with Gasteiger partial charge in [0.15, 0.2) is 22.6 Å². The van der Waals surface area contributed by atoms with Gasteiger partial charge in [-0.25, -0.2) is 19.9 Å². The van der Waals surface area contributed by atoms with Gasteiger partial charge in [0.25, 0.3) is 5.91 Å². The third kappa shape index (κ3) is 6.26. The molecule has 2 fully saturated rings. The number of carbonyl (C=O) groups excluding carboxylic acids is 2. The van der Waals surface area contributed by atoms with Gasteiger partial charge in [0.1, 0.15) is 24.4 Å². The standard InChI is InChI=1S/C32H33ClF3N9O5/c1-5-20-27(43-8-9-44(22-14-50-13-21(22)43)31(49)26-28(47)16(2)38-15-39-26)29(48)25-30(37-11-23(41-25)42(3)4)45(20)12-24(46)40-19-7-6-17(10-18(19)33)32(34,35)36/h6-7,10-11,15,21-22,47H,5,8-9,12-14H2,1-4H3,(H,40,46)/t21-,22-/m0/s1. The van der Waals surface area contributed by atoms with Crippen LogP contribution in [0.3, 0.4) is 0 Å². The summed E-state index contributed by atoms with van der Waals surface area (Å²) < 4.78 is 47.0. The Morgan fingerprint density at radius 3 is 2.56 bits per heavy atom. The molecular formula is C32H33ClF3N9O5. The van der Waals surface area contributed by atoms with Gasteiger partial charge < -0.3 is 34.4 Å². The molecule has 4 aromatic rings. The highest BCUT2D eigenvalue weighted by atomic mass is 35.5. The number of aryl methyl sites for hydroxylation is 1. The van der Waals surface area contributed by atoms with Crippen molar-refractivity contribution in [3.8, 4) is 5.75 Å². The van der Waals surface area contributed by atoms with Crippen LogP contribution in [0.25, 0.3) is 11.2 Å². The maximum absolute atomic E-state index is 14.4. The number of piperazine rings is 1. The van der Waals surface area contributed by atoms with Gasteiger partial charge >= 0.3 is 6.18 Å². The molecule has 2 saturated heterocycles. The number of hydrogen-bond acceptors (Lipinski definition) is 11. The normalized spacial score (nSPS) is 17.6. The second kappa shape index (κ2) is 13.4. The summed E-state index contributed by atoms with van der Waals surface area (Å²) in [6.45, 7) is 3.70. The number of benzene rings is 1. The van der Waals surface area contributed by atoms with Crippen molar-refractivity contribution >= 4 is 51.8 Å². The molecule has 0 aliphatic carbocycles. The summed E-state index contributed by atoms with van der Waals surface area (Å²) >= 11 is 6.11. The summed E-state index contributed by atoms with van der Waals surface area (Å²) in [6, 6.07) is 1.63. The number of nitrogens with one attached hydrogen (secondary N) is 1. The van der Waals surface area contributed by atoms with Crippen LogP contribution in [0, 0.1) is 6.92 Å². The number of alkyl halides is 3. The Hall–Kier alpha value is -5.03. The summed E-state index contributed by atoms with van der Waals surface area (Å²) in [4.78, 5) is 63.8. The van der Waals surface area contributed by atoms with Crippen LogP contribution in [0.5, 0.6) is 5.75 Å². The zero-order valence-corrected chi connectivity index (χ0v) is 28.2. The minimum Gasteiger partial charge on any atom is -0.504 e. The van der Waals surface area contributed by atoms with Crippen molar-refractivity contribution in [3.05, 3.63) is 68.6 Å². The second-order valence-corrected chi connectivity index (χ2v) is 12.5. The van der Waals surface area contributed by atoms with Crippen LogP contribution >= 0.6 is 11.6 Å². The summed E-state index contributed by atoms with van der Waals surface area (Å²) in [5, 5.41) is 12.8. The molecule has 0 bridgehead atoms. The first-order chi connectivity index (χ1) is 23.7. The molecule has 264 valence electrons. The minimum absolute atomic E-state index is 0.000818. The Balaban J connectivity index is 1.40. The molecule has 2 atom stereocenters. The fraction of sp³-hybridized carbons (Fsp3) is 0.406. The number of ether oxygens (including phenoxy) is 1. The highest BCUT2D eigenvalue weighted by Gasteiger charge is 2.45. The number of aromatic nitrogens is 5. The summed E-state index contributed by atoms with van der Waals surface area (Å²) in [6.07, 6.45) is -1.66. The number of anilines is 3. The maximum atomic E-state index is 14.4. The van der Waals surface area contributed by atoms with E-state index in [-0.39, 0.29) is 84.0 Å².